The third-order valence-corrected chi connectivity index (χ3v) is 4.77. The summed E-state index contributed by atoms with van der Waals surface area (Å²) in [5, 5.41) is 0. The van der Waals surface area contributed by atoms with Gasteiger partial charge in [-0.05, 0) is 40.0 Å². The molecule has 0 spiro atoms. The van der Waals surface area contributed by atoms with E-state index in [1.165, 1.54) is 25.0 Å². The van der Waals surface area contributed by atoms with E-state index < -0.39 is 0 Å². The number of hydrogen-bond acceptors (Lipinski definition) is 2. The van der Waals surface area contributed by atoms with E-state index >= 15 is 0 Å². The van der Waals surface area contributed by atoms with Crippen LogP contribution < -0.4 is 3.53 Å². The minimum Gasteiger partial charge on any atom is -0.258 e. The monoisotopic (exact) mass is 413 g/mol. The highest BCUT2D eigenvalue weighted by Crippen LogP contribution is 2.18. The molecule has 0 radical (unpaired) electrons. The molecular formula is C8H17I2NS. The normalized spacial score (nSPS) is 16.0. The van der Waals surface area contributed by atoms with Gasteiger partial charge in [0.15, 0.2) is 0 Å². The second-order valence-electron chi connectivity index (χ2n) is 3.06. The Balaban J connectivity index is 3.52. The highest BCUT2D eigenvalue weighted by molar-refractivity contribution is 14.2. The van der Waals surface area contributed by atoms with Crippen LogP contribution in [0.4, 0.5) is 0 Å². The Bertz CT molecular complexity index is 103. The number of nitrogens with one attached hydrogen (secondary N) is 1. The summed E-state index contributed by atoms with van der Waals surface area (Å²) in [6, 6.07) is 0.708. The van der Waals surface area contributed by atoms with Crippen molar-refractivity contribution in [1.29, 1.82) is 0 Å². The van der Waals surface area contributed by atoms with Gasteiger partial charge in [0.25, 0.3) is 0 Å². The van der Waals surface area contributed by atoms with Crippen molar-refractivity contribution in [2.24, 2.45) is 5.92 Å². The van der Waals surface area contributed by atoms with Gasteiger partial charge < -0.3 is 0 Å². The third kappa shape index (κ3) is 6.26. The van der Waals surface area contributed by atoms with Crippen molar-refractivity contribution < 1.29 is 0 Å². The molecule has 0 rings (SSSR count). The standard InChI is InChI=1S/C8H17I2NS/c1-3-7(2)8(11-9)5-4-6-12-10/h7-8,11H,3-6H2,1-2H3/t7-,8+/m0/s1. The zero-order valence-electron chi connectivity index (χ0n) is 7.65. The van der Waals surface area contributed by atoms with E-state index in [0.29, 0.717) is 6.04 Å². The summed E-state index contributed by atoms with van der Waals surface area (Å²) in [4.78, 5) is 0. The molecule has 12 heavy (non-hydrogen) atoms. The fraction of sp³-hybridized carbons (Fsp3) is 1.00. The van der Waals surface area contributed by atoms with Crippen molar-refractivity contribution >= 4 is 53.0 Å². The molecule has 0 aliphatic heterocycles. The predicted molar refractivity (Wildman–Crippen MR) is 76.1 cm³/mol. The summed E-state index contributed by atoms with van der Waals surface area (Å²) >= 11 is 4.65. The van der Waals surface area contributed by atoms with Gasteiger partial charge in [-0.15, -0.1) is 0 Å². The van der Waals surface area contributed by atoms with E-state index in [1.807, 2.05) is 8.93 Å². The molecule has 0 fully saturated rings. The molecule has 0 aromatic heterocycles. The van der Waals surface area contributed by atoms with Crippen LogP contribution in [0, 0.1) is 5.92 Å². The first-order chi connectivity index (χ1) is 5.76. The number of hydrogen-bond donors (Lipinski definition) is 1. The Labute approximate surface area is 106 Å². The van der Waals surface area contributed by atoms with E-state index in [1.54, 1.807) is 0 Å². The summed E-state index contributed by atoms with van der Waals surface area (Å²) in [6.45, 7) is 4.59. The maximum absolute atomic E-state index is 3.37. The first kappa shape index (κ1) is 13.8. The Hall–Kier alpha value is 1.77. The summed E-state index contributed by atoms with van der Waals surface area (Å²) in [5.41, 5.74) is 0. The first-order valence-electron chi connectivity index (χ1n) is 4.35. The SMILES string of the molecule is CC[C@H](C)[C@@H](CCCSI)NI. The van der Waals surface area contributed by atoms with Gasteiger partial charge in [0, 0.05) is 34.7 Å². The van der Waals surface area contributed by atoms with E-state index in [4.69, 9.17) is 0 Å². The summed E-state index contributed by atoms with van der Waals surface area (Å²) in [7, 11) is 1.91. The lowest BCUT2D eigenvalue weighted by molar-refractivity contribution is 0.405. The summed E-state index contributed by atoms with van der Waals surface area (Å²) in [6.07, 6.45) is 3.92. The molecule has 0 amide bonds. The molecule has 0 aliphatic rings. The second-order valence-corrected chi connectivity index (χ2v) is 6.17. The molecule has 0 saturated heterocycles. The molecule has 0 bridgehead atoms. The van der Waals surface area contributed by atoms with Crippen LogP contribution in [0.15, 0.2) is 0 Å². The summed E-state index contributed by atoms with van der Waals surface area (Å²) in [5.74, 6) is 2.09. The third-order valence-electron chi connectivity index (χ3n) is 2.21. The van der Waals surface area contributed by atoms with Crippen LogP contribution in [0.2, 0.25) is 0 Å². The number of halogens is 2. The maximum atomic E-state index is 3.37. The Morgan fingerprint density at radius 2 is 2.17 bits per heavy atom. The van der Waals surface area contributed by atoms with E-state index in [9.17, 15) is 0 Å². The molecule has 0 aromatic carbocycles. The highest BCUT2D eigenvalue weighted by Gasteiger charge is 2.12. The molecule has 0 aliphatic carbocycles. The molecule has 0 unspecified atom stereocenters. The van der Waals surface area contributed by atoms with Crippen molar-refractivity contribution in [3.05, 3.63) is 0 Å². The Kier molecular flexibility index (Phi) is 10.7. The van der Waals surface area contributed by atoms with Crippen molar-refractivity contribution in [1.82, 2.24) is 3.53 Å². The van der Waals surface area contributed by atoms with Gasteiger partial charge in [0.1, 0.15) is 0 Å². The lowest BCUT2D eigenvalue weighted by Crippen LogP contribution is -2.27. The van der Waals surface area contributed by atoms with E-state index in [0.717, 1.165) is 5.92 Å². The topological polar surface area (TPSA) is 12.0 Å². The minimum atomic E-state index is 0.708. The van der Waals surface area contributed by atoms with Crippen LogP contribution in [0.1, 0.15) is 33.1 Å². The lowest BCUT2D eigenvalue weighted by atomic mass is 9.96. The van der Waals surface area contributed by atoms with Gasteiger partial charge in [-0.25, -0.2) is 0 Å². The van der Waals surface area contributed by atoms with E-state index in [-0.39, 0.29) is 0 Å². The molecule has 2 atom stereocenters. The second kappa shape index (κ2) is 9.33. The van der Waals surface area contributed by atoms with Crippen LogP contribution in [0.25, 0.3) is 0 Å². The van der Waals surface area contributed by atoms with Crippen molar-refractivity contribution in [2.45, 2.75) is 39.2 Å². The van der Waals surface area contributed by atoms with Crippen LogP contribution in [0.3, 0.4) is 0 Å². The van der Waals surface area contributed by atoms with Gasteiger partial charge >= 0.3 is 0 Å². The van der Waals surface area contributed by atoms with Crippen LogP contribution >= 0.6 is 53.0 Å². The average Bonchev–Trinajstić information content (AvgIpc) is 2.11. The van der Waals surface area contributed by atoms with Gasteiger partial charge in [0.05, 0.1) is 0 Å². The molecule has 0 saturated carbocycles. The maximum Gasteiger partial charge on any atom is 0.0189 e. The average molecular weight is 413 g/mol. The minimum absolute atomic E-state index is 0.708. The van der Waals surface area contributed by atoms with Gasteiger partial charge in [0.2, 0.25) is 0 Å². The van der Waals surface area contributed by atoms with Crippen molar-refractivity contribution in [3.8, 4) is 0 Å². The van der Waals surface area contributed by atoms with Crippen molar-refractivity contribution in [2.75, 3.05) is 5.75 Å². The first-order valence-corrected chi connectivity index (χ1v) is 8.96. The zero-order chi connectivity index (χ0) is 9.40. The fourth-order valence-electron chi connectivity index (χ4n) is 1.09. The highest BCUT2D eigenvalue weighted by atomic mass is 127. The van der Waals surface area contributed by atoms with Gasteiger partial charge in [-0.1, -0.05) is 29.2 Å². The molecule has 0 aromatic rings. The van der Waals surface area contributed by atoms with Gasteiger partial charge in [-0.3, -0.25) is 3.53 Å². The quantitative estimate of drug-likeness (QED) is 0.382. The van der Waals surface area contributed by atoms with Crippen LogP contribution in [-0.4, -0.2) is 11.8 Å². The molecule has 0 heterocycles. The smallest absolute Gasteiger partial charge is 0.0189 e. The molecule has 1 nitrogen and oxygen atoms in total. The van der Waals surface area contributed by atoms with E-state index in [2.05, 4.69) is 61.4 Å². The number of rotatable bonds is 7. The van der Waals surface area contributed by atoms with Crippen LogP contribution in [-0.2, 0) is 0 Å². The Morgan fingerprint density at radius 3 is 2.58 bits per heavy atom. The molecule has 74 valence electrons. The molecule has 1 N–H and O–H groups in total. The van der Waals surface area contributed by atoms with Crippen LogP contribution in [0.5, 0.6) is 0 Å². The summed E-state index contributed by atoms with van der Waals surface area (Å²) < 4.78 is 3.37. The van der Waals surface area contributed by atoms with Gasteiger partial charge in [-0.2, -0.15) is 0 Å². The largest absolute Gasteiger partial charge is 0.258 e. The Morgan fingerprint density at radius 1 is 1.50 bits per heavy atom. The molecular weight excluding hydrogens is 396 g/mol. The zero-order valence-corrected chi connectivity index (χ0v) is 12.8. The van der Waals surface area contributed by atoms with Crippen molar-refractivity contribution in [3.63, 3.8) is 0 Å². The predicted octanol–water partition coefficient (Wildman–Crippen LogP) is 4.20. The lowest BCUT2D eigenvalue weighted by Gasteiger charge is -2.20. The molecule has 4 heteroatoms. The fourth-order valence-corrected chi connectivity index (χ4v) is 3.22.